The Kier molecular flexibility index (Phi) is 6.61. The number of benzene rings is 1. The minimum atomic E-state index is -0.502. The van der Waals surface area contributed by atoms with Gasteiger partial charge < -0.3 is 15.3 Å². The van der Waals surface area contributed by atoms with Crippen LogP contribution in [0.15, 0.2) is 24.3 Å². The van der Waals surface area contributed by atoms with Gasteiger partial charge in [-0.05, 0) is 37.2 Å². The molecule has 0 aromatic heterocycles. The van der Waals surface area contributed by atoms with Crippen molar-refractivity contribution >= 4 is 23.0 Å². The molecule has 1 aromatic carbocycles. The molecule has 5 heteroatoms. The van der Waals surface area contributed by atoms with Crippen LogP contribution in [0.3, 0.4) is 0 Å². The molecule has 0 saturated carbocycles. The molecule has 1 aliphatic rings. The number of nitrogens with one attached hydrogen (secondary N) is 1. The second kappa shape index (κ2) is 8.47. The first-order chi connectivity index (χ1) is 10.2. The van der Waals surface area contributed by atoms with Crippen LogP contribution in [-0.2, 0) is 0 Å². The Labute approximate surface area is 132 Å². The predicted molar refractivity (Wildman–Crippen MR) is 90.6 cm³/mol. The number of aliphatic hydroxyl groups is 1. The van der Waals surface area contributed by atoms with Gasteiger partial charge in [-0.3, -0.25) is 4.90 Å². The van der Waals surface area contributed by atoms with Gasteiger partial charge in [0.15, 0.2) is 0 Å². The molecular weight excluding hydrogens is 286 g/mol. The van der Waals surface area contributed by atoms with Gasteiger partial charge in [-0.2, -0.15) is 0 Å². The summed E-state index contributed by atoms with van der Waals surface area (Å²) < 4.78 is 0. The van der Waals surface area contributed by atoms with Gasteiger partial charge >= 0.3 is 0 Å². The van der Waals surface area contributed by atoms with E-state index in [9.17, 15) is 5.11 Å². The van der Waals surface area contributed by atoms with Crippen LogP contribution in [-0.4, -0.2) is 61.3 Å². The third-order valence-corrected chi connectivity index (χ3v) is 4.22. The lowest BCUT2D eigenvalue weighted by atomic mass is 10.2. The summed E-state index contributed by atoms with van der Waals surface area (Å²) in [6.07, 6.45) is 0.729. The summed E-state index contributed by atoms with van der Waals surface area (Å²) in [5.74, 6) is 0.257. The minimum absolute atomic E-state index is 0.257. The van der Waals surface area contributed by atoms with E-state index in [4.69, 9.17) is 11.6 Å². The number of rotatable bonds is 7. The largest absolute Gasteiger partial charge is 0.390 e. The number of piperazine rings is 1. The Hall–Kier alpha value is -0.970. The number of aliphatic hydroxyl groups excluding tert-OH is 1. The maximum atomic E-state index is 9.44. The Morgan fingerprint density at radius 2 is 1.86 bits per heavy atom. The molecule has 1 heterocycles. The Bertz CT molecular complexity index is 404. The van der Waals surface area contributed by atoms with E-state index in [0.29, 0.717) is 6.54 Å². The molecule has 1 fully saturated rings. The van der Waals surface area contributed by atoms with Crippen LogP contribution in [0.2, 0.25) is 0 Å². The van der Waals surface area contributed by atoms with E-state index in [-0.39, 0.29) is 5.88 Å². The Morgan fingerprint density at radius 3 is 2.43 bits per heavy atom. The summed E-state index contributed by atoms with van der Waals surface area (Å²) in [6.45, 7) is 8.42. The van der Waals surface area contributed by atoms with Crippen molar-refractivity contribution in [3.63, 3.8) is 0 Å². The van der Waals surface area contributed by atoms with Gasteiger partial charge in [0.25, 0.3) is 0 Å². The van der Waals surface area contributed by atoms with Crippen molar-refractivity contribution in [1.82, 2.24) is 4.90 Å². The maximum Gasteiger partial charge on any atom is 0.0847 e. The van der Waals surface area contributed by atoms with Crippen molar-refractivity contribution in [2.75, 3.05) is 55.4 Å². The third-order valence-electron chi connectivity index (χ3n) is 3.86. The fraction of sp³-hybridized carbons (Fsp3) is 0.625. The van der Waals surface area contributed by atoms with E-state index in [1.54, 1.807) is 0 Å². The molecular formula is C16H26ClN3O. The Balaban J connectivity index is 1.82. The molecule has 118 valence electrons. The minimum Gasteiger partial charge on any atom is -0.390 e. The van der Waals surface area contributed by atoms with Crippen LogP contribution >= 0.6 is 11.6 Å². The zero-order chi connectivity index (χ0) is 15.1. The smallest absolute Gasteiger partial charge is 0.0847 e. The normalized spacial score (nSPS) is 17.8. The van der Waals surface area contributed by atoms with Gasteiger partial charge in [0.1, 0.15) is 0 Å². The molecule has 0 bridgehead atoms. The van der Waals surface area contributed by atoms with Crippen molar-refractivity contribution in [1.29, 1.82) is 0 Å². The van der Waals surface area contributed by atoms with Crippen LogP contribution in [0.4, 0.5) is 11.4 Å². The average molecular weight is 312 g/mol. The first kappa shape index (κ1) is 16.4. The molecule has 1 atom stereocenters. The van der Waals surface area contributed by atoms with Gasteiger partial charge in [-0.1, -0.05) is 6.92 Å². The highest BCUT2D eigenvalue weighted by Crippen LogP contribution is 2.19. The van der Waals surface area contributed by atoms with Gasteiger partial charge in [0, 0.05) is 44.1 Å². The monoisotopic (exact) mass is 311 g/mol. The first-order valence-corrected chi connectivity index (χ1v) is 8.31. The number of alkyl halides is 1. The quantitative estimate of drug-likeness (QED) is 0.758. The average Bonchev–Trinajstić information content (AvgIpc) is 2.54. The lowest BCUT2D eigenvalue weighted by Gasteiger charge is -2.36. The number of hydrogen-bond donors (Lipinski definition) is 2. The fourth-order valence-electron chi connectivity index (χ4n) is 2.63. The van der Waals surface area contributed by atoms with Gasteiger partial charge in [-0.25, -0.2) is 0 Å². The molecule has 2 rings (SSSR count). The van der Waals surface area contributed by atoms with E-state index in [2.05, 4.69) is 46.3 Å². The SMILES string of the molecule is CCCN1CCN(c2ccc(NCC(O)CCl)cc2)CC1. The number of anilines is 2. The summed E-state index contributed by atoms with van der Waals surface area (Å²) in [6, 6.07) is 8.42. The van der Waals surface area contributed by atoms with E-state index in [1.165, 1.54) is 18.7 Å². The second-order valence-corrected chi connectivity index (χ2v) is 5.87. The molecule has 1 aromatic rings. The number of nitrogens with zero attached hydrogens (tertiary/aromatic N) is 2. The topological polar surface area (TPSA) is 38.7 Å². The molecule has 0 aliphatic carbocycles. The molecule has 21 heavy (non-hydrogen) atoms. The van der Waals surface area contributed by atoms with E-state index in [0.717, 1.165) is 31.9 Å². The highest BCUT2D eigenvalue weighted by molar-refractivity contribution is 6.18. The second-order valence-electron chi connectivity index (χ2n) is 5.56. The highest BCUT2D eigenvalue weighted by atomic mass is 35.5. The molecule has 2 N–H and O–H groups in total. The van der Waals surface area contributed by atoms with E-state index >= 15 is 0 Å². The van der Waals surface area contributed by atoms with Crippen molar-refractivity contribution in [3.8, 4) is 0 Å². The van der Waals surface area contributed by atoms with Crippen LogP contribution < -0.4 is 10.2 Å². The van der Waals surface area contributed by atoms with Gasteiger partial charge in [0.2, 0.25) is 0 Å². The van der Waals surface area contributed by atoms with Crippen LogP contribution in [0, 0.1) is 0 Å². The third kappa shape index (κ3) is 5.06. The molecule has 1 aliphatic heterocycles. The van der Waals surface area contributed by atoms with Gasteiger partial charge in [0.05, 0.1) is 12.0 Å². The fourth-order valence-corrected chi connectivity index (χ4v) is 2.74. The summed E-state index contributed by atoms with van der Waals surface area (Å²) in [7, 11) is 0. The summed E-state index contributed by atoms with van der Waals surface area (Å²) >= 11 is 5.58. The number of hydrogen-bond acceptors (Lipinski definition) is 4. The van der Waals surface area contributed by atoms with Crippen LogP contribution in [0.25, 0.3) is 0 Å². The van der Waals surface area contributed by atoms with Crippen molar-refractivity contribution in [2.24, 2.45) is 0 Å². The van der Waals surface area contributed by atoms with E-state index in [1.807, 2.05) is 0 Å². The highest BCUT2D eigenvalue weighted by Gasteiger charge is 2.16. The van der Waals surface area contributed by atoms with Gasteiger partial charge in [-0.15, -0.1) is 11.6 Å². The van der Waals surface area contributed by atoms with Crippen molar-refractivity contribution in [2.45, 2.75) is 19.4 Å². The predicted octanol–water partition coefficient (Wildman–Crippen LogP) is 2.23. The molecule has 4 nitrogen and oxygen atoms in total. The standard InChI is InChI=1S/C16H26ClN3O/c1-2-7-19-8-10-20(11-9-19)15-5-3-14(4-6-15)18-13-16(21)12-17/h3-6,16,18,21H,2,7-13H2,1H3. The van der Waals surface area contributed by atoms with Crippen molar-refractivity contribution in [3.05, 3.63) is 24.3 Å². The molecule has 0 spiro atoms. The zero-order valence-electron chi connectivity index (χ0n) is 12.8. The zero-order valence-corrected chi connectivity index (χ0v) is 13.5. The van der Waals surface area contributed by atoms with E-state index < -0.39 is 6.10 Å². The summed E-state index contributed by atoms with van der Waals surface area (Å²) in [4.78, 5) is 4.96. The molecule has 0 radical (unpaired) electrons. The summed E-state index contributed by atoms with van der Waals surface area (Å²) in [5, 5.41) is 12.6. The lowest BCUT2D eigenvalue weighted by molar-refractivity contribution is 0.211. The summed E-state index contributed by atoms with van der Waals surface area (Å²) in [5.41, 5.74) is 2.29. The maximum absolute atomic E-state index is 9.44. The molecule has 0 amide bonds. The Morgan fingerprint density at radius 1 is 1.19 bits per heavy atom. The number of halogens is 1. The lowest BCUT2D eigenvalue weighted by Crippen LogP contribution is -2.46. The first-order valence-electron chi connectivity index (χ1n) is 7.78. The van der Waals surface area contributed by atoms with Crippen molar-refractivity contribution < 1.29 is 5.11 Å². The molecule has 1 saturated heterocycles. The van der Waals surface area contributed by atoms with Crippen LogP contribution in [0.1, 0.15) is 13.3 Å². The molecule has 1 unspecified atom stereocenters. The van der Waals surface area contributed by atoms with Crippen LogP contribution in [0.5, 0.6) is 0 Å².